The van der Waals surface area contributed by atoms with E-state index >= 15 is 0 Å². The van der Waals surface area contributed by atoms with Crippen LogP contribution in [0.2, 0.25) is 0 Å². The average molecular weight is 402 g/mol. The van der Waals surface area contributed by atoms with Crippen LogP contribution in [0.1, 0.15) is 50.4 Å². The van der Waals surface area contributed by atoms with Crippen molar-refractivity contribution in [2.24, 2.45) is 17.8 Å². The fraction of sp³-hybridized carbons (Fsp3) is 0.600. The monoisotopic (exact) mass is 402 g/mol. The number of ether oxygens (including phenoxy) is 3. The summed E-state index contributed by atoms with van der Waals surface area (Å²) in [6.07, 6.45) is -2.14. The molecule has 0 radical (unpaired) electrons. The van der Waals surface area contributed by atoms with Gasteiger partial charge >= 0.3 is 18.3 Å². The highest BCUT2D eigenvalue weighted by molar-refractivity contribution is 5.90. The Hall–Kier alpha value is -2.25. The van der Waals surface area contributed by atoms with E-state index in [9.17, 15) is 22.8 Å². The van der Waals surface area contributed by atoms with Crippen molar-refractivity contribution in [1.82, 2.24) is 0 Å². The number of hydrogen-bond donors (Lipinski definition) is 0. The van der Waals surface area contributed by atoms with Gasteiger partial charge in [0.25, 0.3) is 0 Å². The Morgan fingerprint density at radius 2 is 1.79 bits per heavy atom. The summed E-state index contributed by atoms with van der Waals surface area (Å²) in [5.74, 6) is -0.784. The first-order chi connectivity index (χ1) is 13.0. The lowest BCUT2D eigenvalue weighted by molar-refractivity contribution is -0.274. The van der Waals surface area contributed by atoms with Gasteiger partial charge in [0, 0.05) is 0 Å². The molecule has 1 fully saturated rings. The molecule has 0 amide bonds. The maximum atomic E-state index is 12.1. The normalized spacial score (nSPS) is 22.6. The number of halogens is 3. The third kappa shape index (κ3) is 6.73. The van der Waals surface area contributed by atoms with E-state index in [-0.39, 0.29) is 17.6 Å². The van der Waals surface area contributed by atoms with E-state index in [1.54, 1.807) is 0 Å². The number of alkyl halides is 3. The first-order valence-corrected chi connectivity index (χ1v) is 9.27. The molecule has 0 heterocycles. The van der Waals surface area contributed by atoms with Gasteiger partial charge in [-0.1, -0.05) is 27.2 Å². The van der Waals surface area contributed by atoms with Gasteiger partial charge in [-0.3, -0.25) is 0 Å². The van der Waals surface area contributed by atoms with E-state index in [0.717, 1.165) is 43.5 Å². The molecule has 2 rings (SSSR count). The Morgan fingerprint density at radius 3 is 2.36 bits per heavy atom. The maximum absolute atomic E-state index is 12.1. The van der Waals surface area contributed by atoms with Crippen molar-refractivity contribution in [2.45, 2.75) is 52.5 Å². The quantitative estimate of drug-likeness (QED) is 0.643. The van der Waals surface area contributed by atoms with Crippen molar-refractivity contribution in [3.8, 4) is 5.75 Å². The lowest BCUT2D eigenvalue weighted by Gasteiger charge is -2.36. The molecule has 0 spiro atoms. The SMILES string of the molecule is CC(C)[C@H]1CC[C@H](C)C[C@H]1OC(=O)COC(=O)c1ccc(OC(F)(F)F)cc1. The molecular weight excluding hydrogens is 377 g/mol. The Bertz CT molecular complexity index is 669. The molecule has 3 atom stereocenters. The van der Waals surface area contributed by atoms with Crippen LogP contribution < -0.4 is 4.74 Å². The van der Waals surface area contributed by atoms with Gasteiger partial charge in [0.1, 0.15) is 11.9 Å². The van der Waals surface area contributed by atoms with Crippen LogP contribution in [0, 0.1) is 17.8 Å². The van der Waals surface area contributed by atoms with E-state index < -0.39 is 30.7 Å². The molecule has 0 bridgehead atoms. The molecule has 8 heteroatoms. The number of carbonyl (C=O) groups excluding carboxylic acids is 2. The lowest BCUT2D eigenvalue weighted by atomic mass is 9.75. The van der Waals surface area contributed by atoms with E-state index in [2.05, 4.69) is 25.5 Å². The average Bonchev–Trinajstić information content (AvgIpc) is 2.58. The third-order valence-corrected chi connectivity index (χ3v) is 4.89. The van der Waals surface area contributed by atoms with Crippen molar-refractivity contribution in [3.63, 3.8) is 0 Å². The third-order valence-electron chi connectivity index (χ3n) is 4.89. The molecule has 1 aromatic rings. The number of esters is 2. The number of hydrogen-bond acceptors (Lipinski definition) is 5. The molecule has 5 nitrogen and oxygen atoms in total. The Balaban J connectivity index is 1.85. The molecule has 1 aliphatic carbocycles. The molecule has 0 aromatic heterocycles. The minimum Gasteiger partial charge on any atom is -0.460 e. The Kier molecular flexibility index (Phi) is 7.32. The molecule has 156 valence electrons. The standard InChI is InChI=1S/C20H25F3O5/c1-12(2)16-9-4-13(3)10-17(16)27-18(24)11-26-19(25)14-5-7-15(8-6-14)28-20(21,22)23/h5-8,12-13,16-17H,4,9-11H2,1-3H3/t13-,16+,17+/m0/s1. The van der Waals surface area contributed by atoms with Crippen LogP contribution in [-0.2, 0) is 14.3 Å². The van der Waals surface area contributed by atoms with Crippen molar-refractivity contribution in [1.29, 1.82) is 0 Å². The van der Waals surface area contributed by atoms with Crippen LogP contribution in [0.15, 0.2) is 24.3 Å². The van der Waals surface area contributed by atoms with E-state index in [4.69, 9.17) is 9.47 Å². The molecule has 28 heavy (non-hydrogen) atoms. The highest BCUT2D eigenvalue weighted by Gasteiger charge is 2.33. The van der Waals surface area contributed by atoms with E-state index in [0.29, 0.717) is 11.8 Å². The van der Waals surface area contributed by atoms with Crippen molar-refractivity contribution < 1.29 is 37.0 Å². The predicted octanol–water partition coefficient (Wildman–Crippen LogP) is 4.75. The first kappa shape index (κ1) is 22.0. The zero-order chi connectivity index (χ0) is 20.9. The minimum absolute atomic E-state index is 0.00803. The van der Waals surface area contributed by atoms with Gasteiger partial charge in [0.15, 0.2) is 6.61 Å². The van der Waals surface area contributed by atoms with Gasteiger partial charge in [-0.25, -0.2) is 9.59 Å². The largest absolute Gasteiger partial charge is 0.573 e. The molecule has 0 aliphatic heterocycles. The molecule has 0 saturated heterocycles. The molecule has 1 saturated carbocycles. The summed E-state index contributed by atoms with van der Waals surface area (Å²) in [4.78, 5) is 24.1. The van der Waals surface area contributed by atoms with Crippen molar-refractivity contribution in [2.75, 3.05) is 6.61 Å². The summed E-state index contributed by atoms with van der Waals surface area (Å²) in [7, 11) is 0. The second-order valence-corrected chi connectivity index (χ2v) is 7.50. The number of carbonyl (C=O) groups is 2. The fourth-order valence-corrected chi connectivity index (χ4v) is 3.45. The molecule has 0 unspecified atom stereocenters. The number of benzene rings is 1. The summed E-state index contributed by atoms with van der Waals surface area (Å²) < 4.78 is 50.6. The summed E-state index contributed by atoms with van der Waals surface area (Å²) >= 11 is 0. The van der Waals surface area contributed by atoms with Crippen LogP contribution in [-0.4, -0.2) is 31.0 Å². The van der Waals surface area contributed by atoms with Crippen LogP contribution in [0.3, 0.4) is 0 Å². The van der Waals surface area contributed by atoms with Crippen molar-refractivity contribution in [3.05, 3.63) is 29.8 Å². The zero-order valence-corrected chi connectivity index (χ0v) is 16.1. The van der Waals surface area contributed by atoms with Crippen LogP contribution in [0.5, 0.6) is 5.75 Å². The summed E-state index contributed by atoms with van der Waals surface area (Å²) in [6.45, 7) is 5.75. The van der Waals surface area contributed by atoms with Gasteiger partial charge in [-0.05, 0) is 54.9 Å². The van der Waals surface area contributed by atoms with E-state index in [1.165, 1.54) is 0 Å². The van der Waals surface area contributed by atoms with Crippen LogP contribution >= 0.6 is 0 Å². The van der Waals surface area contributed by atoms with Crippen LogP contribution in [0.4, 0.5) is 13.2 Å². The second kappa shape index (κ2) is 9.30. The van der Waals surface area contributed by atoms with Crippen LogP contribution in [0.25, 0.3) is 0 Å². The highest BCUT2D eigenvalue weighted by Crippen LogP contribution is 2.35. The van der Waals surface area contributed by atoms with Gasteiger partial charge in [0.05, 0.1) is 5.56 Å². The second-order valence-electron chi connectivity index (χ2n) is 7.50. The lowest BCUT2D eigenvalue weighted by Crippen LogP contribution is -2.36. The predicted molar refractivity (Wildman–Crippen MR) is 94.6 cm³/mol. The van der Waals surface area contributed by atoms with E-state index in [1.807, 2.05) is 0 Å². The Labute approximate surface area is 162 Å². The first-order valence-electron chi connectivity index (χ1n) is 9.27. The Morgan fingerprint density at radius 1 is 1.14 bits per heavy atom. The van der Waals surface area contributed by atoms with Gasteiger partial charge < -0.3 is 14.2 Å². The van der Waals surface area contributed by atoms with Gasteiger partial charge in [0.2, 0.25) is 0 Å². The van der Waals surface area contributed by atoms with Crippen molar-refractivity contribution >= 4 is 11.9 Å². The minimum atomic E-state index is -4.81. The maximum Gasteiger partial charge on any atom is 0.573 e. The molecular formula is C20H25F3O5. The summed E-state index contributed by atoms with van der Waals surface area (Å²) in [6, 6.07) is 4.26. The fourth-order valence-electron chi connectivity index (χ4n) is 3.45. The topological polar surface area (TPSA) is 61.8 Å². The smallest absolute Gasteiger partial charge is 0.460 e. The zero-order valence-electron chi connectivity index (χ0n) is 16.1. The highest BCUT2D eigenvalue weighted by atomic mass is 19.4. The molecule has 1 aromatic carbocycles. The summed E-state index contributed by atoms with van der Waals surface area (Å²) in [5.41, 5.74) is 0.00803. The van der Waals surface area contributed by atoms with Gasteiger partial charge in [-0.15, -0.1) is 13.2 Å². The van der Waals surface area contributed by atoms with Gasteiger partial charge in [-0.2, -0.15) is 0 Å². The summed E-state index contributed by atoms with van der Waals surface area (Å²) in [5, 5.41) is 0. The molecule has 0 N–H and O–H groups in total. The molecule has 1 aliphatic rings. The number of rotatable bonds is 6.